The van der Waals surface area contributed by atoms with Gasteiger partial charge in [-0.2, -0.15) is 0 Å². The predicted octanol–water partition coefficient (Wildman–Crippen LogP) is 8.30. The topological polar surface area (TPSA) is 47.9 Å². The molecular formula is C36H34O4. The molecule has 4 heteroatoms. The molecule has 0 saturated heterocycles. The Balaban J connectivity index is 1.25. The third-order valence-electron chi connectivity index (χ3n) is 6.70. The van der Waals surface area contributed by atoms with Crippen LogP contribution in [-0.2, 0) is 32.7 Å². The molecule has 0 aromatic heterocycles. The number of phenolic OH excluding ortho intramolecular Hbond substituents is 1. The molecule has 0 radical (unpaired) electrons. The van der Waals surface area contributed by atoms with Crippen LogP contribution in [0.15, 0.2) is 127 Å². The Morgan fingerprint density at radius 1 is 0.450 bits per heavy atom. The van der Waals surface area contributed by atoms with Crippen LogP contribution in [0.2, 0.25) is 0 Å². The molecule has 5 aromatic rings. The van der Waals surface area contributed by atoms with Gasteiger partial charge in [0.25, 0.3) is 0 Å². The van der Waals surface area contributed by atoms with E-state index in [0.717, 1.165) is 58.6 Å². The van der Waals surface area contributed by atoms with Crippen LogP contribution in [0, 0.1) is 0 Å². The first-order valence-electron chi connectivity index (χ1n) is 13.7. The number of rotatable bonds is 13. The molecule has 0 fully saturated rings. The lowest BCUT2D eigenvalue weighted by molar-refractivity contribution is 0.287. The Morgan fingerprint density at radius 3 is 1.43 bits per heavy atom. The molecule has 0 aliphatic rings. The number of benzene rings is 5. The molecule has 5 aromatic carbocycles. The van der Waals surface area contributed by atoms with E-state index >= 15 is 0 Å². The maximum Gasteiger partial charge on any atom is 0.126 e. The van der Waals surface area contributed by atoms with Gasteiger partial charge in [-0.15, -0.1) is 0 Å². The average Bonchev–Trinajstić information content (AvgIpc) is 3.01. The summed E-state index contributed by atoms with van der Waals surface area (Å²) >= 11 is 0. The number of hydrogen-bond acceptors (Lipinski definition) is 4. The zero-order chi connectivity index (χ0) is 27.4. The summed E-state index contributed by atoms with van der Waals surface area (Å²) in [6.07, 6.45) is 2.55. The van der Waals surface area contributed by atoms with E-state index in [1.807, 2.05) is 84.9 Å². The minimum atomic E-state index is 0.203. The van der Waals surface area contributed by atoms with Gasteiger partial charge in [-0.25, -0.2) is 0 Å². The van der Waals surface area contributed by atoms with E-state index in [0.29, 0.717) is 25.6 Å². The van der Waals surface area contributed by atoms with Gasteiger partial charge in [0, 0.05) is 12.1 Å². The van der Waals surface area contributed by atoms with Crippen LogP contribution in [0.3, 0.4) is 0 Å². The largest absolute Gasteiger partial charge is 0.508 e. The van der Waals surface area contributed by atoms with E-state index in [2.05, 4.69) is 30.3 Å². The zero-order valence-electron chi connectivity index (χ0n) is 22.5. The van der Waals surface area contributed by atoms with Crippen molar-refractivity contribution in [3.05, 3.63) is 155 Å². The van der Waals surface area contributed by atoms with E-state index in [1.54, 1.807) is 12.1 Å². The molecule has 4 nitrogen and oxygen atoms in total. The summed E-state index contributed by atoms with van der Waals surface area (Å²) in [6.45, 7) is 1.45. The molecular weight excluding hydrogens is 496 g/mol. The lowest BCUT2D eigenvalue weighted by atomic mass is 10.0. The molecule has 0 aliphatic heterocycles. The fourth-order valence-corrected chi connectivity index (χ4v) is 4.53. The molecule has 0 amide bonds. The quantitative estimate of drug-likeness (QED) is 0.166. The van der Waals surface area contributed by atoms with Crippen LogP contribution < -0.4 is 14.2 Å². The van der Waals surface area contributed by atoms with Gasteiger partial charge in [0.05, 0.1) is 0 Å². The van der Waals surface area contributed by atoms with E-state index in [1.165, 1.54) is 0 Å². The summed E-state index contributed by atoms with van der Waals surface area (Å²) in [5, 5.41) is 10.1. The number of phenols is 1. The van der Waals surface area contributed by atoms with Crippen LogP contribution >= 0.6 is 0 Å². The van der Waals surface area contributed by atoms with Gasteiger partial charge in [0.2, 0.25) is 0 Å². The highest BCUT2D eigenvalue weighted by molar-refractivity contribution is 5.43. The van der Waals surface area contributed by atoms with Crippen molar-refractivity contribution >= 4 is 0 Å². The fourth-order valence-electron chi connectivity index (χ4n) is 4.53. The number of aryl methyl sites for hydroxylation is 2. The highest BCUT2D eigenvalue weighted by atomic mass is 16.5. The summed E-state index contributed by atoms with van der Waals surface area (Å²) in [4.78, 5) is 0. The summed E-state index contributed by atoms with van der Waals surface area (Å²) in [7, 11) is 0. The Labute approximate surface area is 236 Å². The molecule has 0 atom stereocenters. The second kappa shape index (κ2) is 13.9. The minimum absolute atomic E-state index is 0.203. The maximum absolute atomic E-state index is 10.1. The molecule has 0 aliphatic carbocycles. The van der Waals surface area contributed by atoms with Crippen molar-refractivity contribution in [1.29, 1.82) is 0 Å². The fraction of sp³-hybridized carbons (Fsp3) is 0.167. The summed E-state index contributed by atoms with van der Waals surface area (Å²) in [6, 6.07) is 41.9. The lowest BCUT2D eigenvalue weighted by Crippen LogP contribution is -2.02. The lowest BCUT2D eigenvalue weighted by Gasteiger charge is -2.15. The highest BCUT2D eigenvalue weighted by Gasteiger charge is 2.11. The molecule has 0 spiro atoms. The zero-order valence-corrected chi connectivity index (χ0v) is 22.5. The Hall–Kier alpha value is -4.70. The molecule has 40 heavy (non-hydrogen) atoms. The third-order valence-corrected chi connectivity index (χ3v) is 6.70. The molecule has 1 N–H and O–H groups in total. The van der Waals surface area contributed by atoms with Gasteiger partial charge in [0.15, 0.2) is 0 Å². The standard InChI is InChI=1S/C36H34O4/c37-33-21-19-31(35(23-33)39-26-29-13-6-2-7-14-29)17-10-18-32-20-22-34(38-25-28-11-4-1-5-12-28)24-36(32)40-27-30-15-8-3-9-16-30/h1-9,11-16,19-24,37H,10,17-18,25-27H2. The monoisotopic (exact) mass is 530 g/mol. The van der Waals surface area contributed by atoms with E-state index in [-0.39, 0.29) is 5.75 Å². The second-order valence-corrected chi connectivity index (χ2v) is 9.74. The van der Waals surface area contributed by atoms with Crippen molar-refractivity contribution in [3.63, 3.8) is 0 Å². The van der Waals surface area contributed by atoms with Crippen LogP contribution in [0.4, 0.5) is 0 Å². The second-order valence-electron chi connectivity index (χ2n) is 9.74. The molecule has 0 bridgehead atoms. The van der Waals surface area contributed by atoms with E-state index in [9.17, 15) is 5.11 Å². The normalized spacial score (nSPS) is 10.7. The average molecular weight is 531 g/mol. The van der Waals surface area contributed by atoms with Crippen LogP contribution in [0.1, 0.15) is 34.2 Å². The predicted molar refractivity (Wildman–Crippen MR) is 159 cm³/mol. The number of aromatic hydroxyl groups is 1. The Bertz CT molecular complexity index is 1470. The summed E-state index contributed by atoms with van der Waals surface area (Å²) < 4.78 is 18.5. The first-order valence-corrected chi connectivity index (χ1v) is 13.7. The first kappa shape index (κ1) is 26.9. The smallest absolute Gasteiger partial charge is 0.126 e. The van der Waals surface area contributed by atoms with Crippen molar-refractivity contribution < 1.29 is 19.3 Å². The van der Waals surface area contributed by atoms with Gasteiger partial charge in [0.1, 0.15) is 42.8 Å². The summed E-state index contributed by atoms with van der Waals surface area (Å²) in [5.41, 5.74) is 5.54. The number of ether oxygens (including phenoxy) is 3. The van der Waals surface area contributed by atoms with Crippen molar-refractivity contribution in [2.24, 2.45) is 0 Å². The van der Waals surface area contributed by atoms with E-state index < -0.39 is 0 Å². The van der Waals surface area contributed by atoms with Crippen LogP contribution in [-0.4, -0.2) is 5.11 Å². The third kappa shape index (κ3) is 7.90. The van der Waals surface area contributed by atoms with Crippen molar-refractivity contribution in [3.8, 4) is 23.0 Å². The molecule has 5 rings (SSSR count). The molecule has 202 valence electrons. The van der Waals surface area contributed by atoms with Gasteiger partial charge in [-0.05, 0) is 59.2 Å². The van der Waals surface area contributed by atoms with Gasteiger partial charge in [-0.3, -0.25) is 0 Å². The van der Waals surface area contributed by atoms with Crippen molar-refractivity contribution in [1.82, 2.24) is 0 Å². The molecule has 0 unspecified atom stereocenters. The van der Waals surface area contributed by atoms with Gasteiger partial charge < -0.3 is 19.3 Å². The van der Waals surface area contributed by atoms with Crippen molar-refractivity contribution in [2.75, 3.05) is 0 Å². The molecule has 0 heterocycles. The number of hydrogen-bond donors (Lipinski definition) is 1. The van der Waals surface area contributed by atoms with Gasteiger partial charge in [-0.1, -0.05) is 103 Å². The van der Waals surface area contributed by atoms with Crippen molar-refractivity contribution in [2.45, 2.75) is 39.1 Å². The SMILES string of the molecule is Oc1ccc(CCCc2ccc(OCc3ccccc3)cc2OCc2ccccc2)c(OCc2ccccc2)c1. The Morgan fingerprint density at radius 2 is 0.900 bits per heavy atom. The van der Waals surface area contributed by atoms with E-state index in [4.69, 9.17) is 14.2 Å². The first-order chi connectivity index (χ1) is 19.7. The maximum atomic E-state index is 10.1. The molecule has 0 saturated carbocycles. The van der Waals surface area contributed by atoms with Crippen LogP contribution in [0.25, 0.3) is 0 Å². The highest BCUT2D eigenvalue weighted by Crippen LogP contribution is 2.30. The Kier molecular flexibility index (Phi) is 9.35. The summed E-state index contributed by atoms with van der Waals surface area (Å²) in [5.74, 6) is 2.54. The van der Waals surface area contributed by atoms with Crippen LogP contribution in [0.5, 0.6) is 23.0 Å². The van der Waals surface area contributed by atoms with Gasteiger partial charge >= 0.3 is 0 Å². The minimum Gasteiger partial charge on any atom is -0.508 e.